The molecule has 0 amide bonds. The van der Waals surface area contributed by atoms with Gasteiger partial charge in [-0.1, -0.05) is 40.0 Å². The number of hydrogen-bond acceptors (Lipinski definition) is 5. The standard InChI is InChI=1S/C16H9Cl3N2O3/c17-9-3-4-11(13(18)6-9)14-7-10(24-21-14)8-23-16(22)12-2-1-5-20-15(12)19/h1-7H,8H2. The van der Waals surface area contributed by atoms with Crippen molar-refractivity contribution in [2.45, 2.75) is 6.61 Å². The van der Waals surface area contributed by atoms with E-state index in [-0.39, 0.29) is 17.3 Å². The van der Waals surface area contributed by atoms with Gasteiger partial charge in [0.1, 0.15) is 10.8 Å². The SMILES string of the molecule is O=C(OCc1cc(-c2ccc(Cl)cc2Cl)no1)c1cccnc1Cl. The maximum Gasteiger partial charge on any atom is 0.341 e. The molecule has 0 atom stereocenters. The highest BCUT2D eigenvalue weighted by molar-refractivity contribution is 6.36. The minimum atomic E-state index is -0.601. The van der Waals surface area contributed by atoms with Gasteiger partial charge in [-0.3, -0.25) is 0 Å². The molecule has 2 aromatic heterocycles. The van der Waals surface area contributed by atoms with Gasteiger partial charge in [0.2, 0.25) is 0 Å². The molecule has 8 heteroatoms. The van der Waals surface area contributed by atoms with E-state index in [1.165, 1.54) is 12.3 Å². The van der Waals surface area contributed by atoms with Gasteiger partial charge in [-0.2, -0.15) is 0 Å². The minimum Gasteiger partial charge on any atom is -0.454 e. The predicted octanol–water partition coefficient (Wildman–Crippen LogP) is 5.05. The maximum atomic E-state index is 12.0. The Morgan fingerprint density at radius 1 is 1.17 bits per heavy atom. The Morgan fingerprint density at radius 2 is 2.00 bits per heavy atom. The van der Waals surface area contributed by atoms with E-state index in [9.17, 15) is 4.79 Å². The third kappa shape index (κ3) is 3.70. The second-order valence-corrected chi connectivity index (χ2v) is 5.92. The fourth-order valence-electron chi connectivity index (χ4n) is 1.96. The number of aromatic nitrogens is 2. The van der Waals surface area contributed by atoms with E-state index in [2.05, 4.69) is 10.1 Å². The van der Waals surface area contributed by atoms with Crippen LogP contribution in [0.5, 0.6) is 0 Å². The average molecular weight is 384 g/mol. The summed E-state index contributed by atoms with van der Waals surface area (Å²) >= 11 is 17.8. The first-order chi connectivity index (χ1) is 11.5. The van der Waals surface area contributed by atoms with E-state index in [0.29, 0.717) is 27.1 Å². The number of ether oxygens (including phenoxy) is 1. The quantitative estimate of drug-likeness (QED) is 0.466. The number of carbonyl (C=O) groups is 1. The molecule has 0 N–H and O–H groups in total. The largest absolute Gasteiger partial charge is 0.454 e. The van der Waals surface area contributed by atoms with Crippen molar-refractivity contribution in [1.82, 2.24) is 10.1 Å². The topological polar surface area (TPSA) is 65.2 Å². The summed E-state index contributed by atoms with van der Waals surface area (Å²) in [6, 6.07) is 9.79. The molecule has 0 aliphatic heterocycles. The summed E-state index contributed by atoms with van der Waals surface area (Å²) in [4.78, 5) is 15.8. The normalized spacial score (nSPS) is 10.6. The van der Waals surface area contributed by atoms with Crippen LogP contribution < -0.4 is 0 Å². The molecule has 0 radical (unpaired) electrons. The molecule has 0 spiro atoms. The van der Waals surface area contributed by atoms with Gasteiger partial charge in [0, 0.05) is 22.8 Å². The Balaban J connectivity index is 1.70. The van der Waals surface area contributed by atoms with E-state index >= 15 is 0 Å². The Bertz CT molecular complexity index is 896. The summed E-state index contributed by atoms with van der Waals surface area (Å²) in [5.41, 5.74) is 1.36. The fraction of sp³-hybridized carbons (Fsp3) is 0.0625. The smallest absolute Gasteiger partial charge is 0.341 e. The summed E-state index contributed by atoms with van der Waals surface area (Å²) in [6.45, 7) is -0.0950. The van der Waals surface area contributed by atoms with E-state index in [1.54, 1.807) is 30.3 Å². The number of esters is 1. The van der Waals surface area contributed by atoms with Crippen molar-refractivity contribution in [1.29, 1.82) is 0 Å². The van der Waals surface area contributed by atoms with Crippen LogP contribution in [0.4, 0.5) is 0 Å². The van der Waals surface area contributed by atoms with Gasteiger partial charge in [0.25, 0.3) is 0 Å². The number of halogens is 3. The highest BCUT2D eigenvalue weighted by Crippen LogP contribution is 2.30. The highest BCUT2D eigenvalue weighted by Gasteiger charge is 2.15. The van der Waals surface area contributed by atoms with Crippen molar-refractivity contribution in [2.24, 2.45) is 0 Å². The molecule has 3 rings (SSSR count). The number of pyridine rings is 1. The van der Waals surface area contributed by atoms with Crippen LogP contribution in [0.25, 0.3) is 11.3 Å². The maximum absolute atomic E-state index is 12.0. The first-order valence-electron chi connectivity index (χ1n) is 6.73. The summed E-state index contributed by atoms with van der Waals surface area (Å²) < 4.78 is 10.3. The Kier molecular flexibility index (Phi) is 5.04. The van der Waals surface area contributed by atoms with Gasteiger partial charge in [0.15, 0.2) is 12.4 Å². The molecule has 0 fully saturated rings. The molecule has 3 aromatic rings. The molecule has 0 aliphatic carbocycles. The third-order valence-corrected chi connectivity index (χ3v) is 3.94. The van der Waals surface area contributed by atoms with Crippen molar-refractivity contribution in [3.05, 3.63) is 69.1 Å². The average Bonchev–Trinajstić information content (AvgIpc) is 3.01. The lowest BCUT2D eigenvalue weighted by Gasteiger charge is -2.03. The van der Waals surface area contributed by atoms with E-state index in [1.807, 2.05) is 0 Å². The van der Waals surface area contributed by atoms with E-state index in [0.717, 1.165) is 0 Å². The molecule has 0 unspecified atom stereocenters. The second kappa shape index (κ2) is 7.21. The Hall–Kier alpha value is -2.08. The summed E-state index contributed by atoms with van der Waals surface area (Å²) in [5.74, 6) is -0.236. The summed E-state index contributed by atoms with van der Waals surface area (Å²) in [7, 11) is 0. The van der Waals surface area contributed by atoms with Gasteiger partial charge in [0.05, 0.1) is 10.6 Å². The van der Waals surface area contributed by atoms with Crippen molar-refractivity contribution >= 4 is 40.8 Å². The van der Waals surface area contributed by atoms with E-state index < -0.39 is 5.97 Å². The zero-order valence-corrected chi connectivity index (χ0v) is 14.3. The Labute approximate surface area is 152 Å². The van der Waals surface area contributed by atoms with Crippen molar-refractivity contribution in [3.63, 3.8) is 0 Å². The van der Waals surface area contributed by atoms with Gasteiger partial charge >= 0.3 is 5.97 Å². The molecule has 24 heavy (non-hydrogen) atoms. The molecule has 0 bridgehead atoms. The van der Waals surface area contributed by atoms with Crippen LogP contribution in [0.2, 0.25) is 15.2 Å². The number of nitrogens with zero attached hydrogens (tertiary/aromatic N) is 2. The third-order valence-electron chi connectivity index (χ3n) is 3.09. The number of rotatable bonds is 4. The highest BCUT2D eigenvalue weighted by atomic mass is 35.5. The second-order valence-electron chi connectivity index (χ2n) is 4.72. The van der Waals surface area contributed by atoms with Gasteiger partial charge in [-0.25, -0.2) is 9.78 Å². The van der Waals surface area contributed by atoms with Gasteiger partial charge in [-0.05, 0) is 30.3 Å². The van der Waals surface area contributed by atoms with Crippen LogP contribution in [0.1, 0.15) is 16.1 Å². The van der Waals surface area contributed by atoms with Crippen molar-refractivity contribution in [3.8, 4) is 11.3 Å². The van der Waals surface area contributed by atoms with Crippen LogP contribution in [-0.2, 0) is 11.3 Å². The lowest BCUT2D eigenvalue weighted by atomic mass is 10.1. The number of hydrogen-bond donors (Lipinski definition) is 0. The number of carbonyl (C=O) groups excluding carboxylic acids is 1. The molecule has 2 heterocycles. The van der Waals surface area contributed by atoms with E-state index in [4.69, 9.17) is 44.1 Å². The van der Waals surface area contributed by atoms with Gasteiger partial charge in [-0.15, -0.1) is 0 Å². The molecule has 0 aliphatic rings. The number of benzene rings is 1. The lowest BCUT2D eigenvalue weighted by Crippen LogP contribution is -2.06. The zero-order chi connectivity index (χ0) is 17.1. The van der Waals surface area contributed by atoms with Gasteiger partial charge < -0.3 is 9.26 Å². The van der Waals surface area contributed by atoms with Crippen LogP contribution in [-0.4, -0.2) is 16.1 Å². The van der Waals surface area contributed by atoms with Crippen LogP contribution in [0.3, 0.4) is 0 Å². The van der Waals surface area contributed by atoms with Crippen LogP contribution in [0.15, 0.2) is 47.1 Å². The molecule has 5 nitrogen and oxygen atoms in total. The first-order valence-corrected chi connectivity index (χ1v) is 7.86. The van der Waals surface area contributed by atoms with Crippen molar-refractivity contribution < 1.29 is 14.1 Å². The first kappa shape index (κ1) is 16.8. The predicted molar refractivity (Wildman–Crippen MR) is 90.3 cm³/mol. The molecular formula is C16H9Cl3N2O3. The summed E-state index contributed by atoms with van der Waals surface area (Å²) in [5, 5.41) is 4.96. The molecule has 1 aromatic carbocycles. The Morgan fingerprint density at radius 3 is 2.75 bits per heavy atom. The summed E-state index contributed by atoms with van der Waals surface area (Å²) in [6.07, 6.45) is 1.48. The monoisotopic (exact) mass is 382 g/mol. The zero-order valence-electron chi connectivity index (χ0n) is 12.0. The minimum absolute atomic E-state index is 0.0775. The van der Waals surface area contributed by atoms with Crippen molar-refractivity contribution in [2.75, 3.05) is 0 Å². The van der Waals surface area contributed by atoms with Crippen LogP contribution >= 0.6 is 34.8 Å². The van der Waals surface area contributed by atoms with Crippen LogP contribution in [0, 0.1) is 0 Å². The lowest BCUT2D eigenvalue weighted by molar-refractivity contribution is 0.0437. The fourth-order valence-corrected chi connectivity index (χ4v) is 2.66. The molecule has 0 saturated carbocycles. The molecular weight excluding hydrogens is 375 g/mol. The molecule has 0 saturated heterocycles. The molecule has 122 valence electrons.